The van der Waals surface area contributed by atoms with Crippen molar-refractivity contribution in [3.8, 4) is 0 Å². The number of amides is 1. The maximum absolute atomic E-state index is 12.1. The van der Waals surface area contributed by atoms with Gasteiger partial charge in [-0.1, -0.05) is 15.9 Å². The highest BCUT2D eigenvalue weighted by molar-refractivity contribution is 9.10. The topological polar surface area (TPSA) is 53.6 Å². The first-order valence-corrected chi connectivity index (χ1v) is 9.14. The Bertz CT molecular complexity index is 728. The fourth-order valence-electron chi connectivity index (χ4n) is 2.78. The third-order valence-corrected chi connectivity index (χ3v) is 4.65. The van der Waals surface area contributed by atoms with E-state index in [2.05, 4.69) is 31.5 Å². The minimum Gasteiger partial charge on any atom is -0.378 e. The molecule has 0 bridgehead atoms. The van der Waals surface area contributed by atoms with Gasteiger partial charge in [0.1, 0.15) is 0 Å². The molecule has 0 radical (unpaired) electrons. The molecule has 2 N–H and O–H groups in total. The summed E-state index contributed by atoms with van der Waals surface area (Å²) in [6.07, 6.45) is 0. The van der Waals surface area contributed by atoms with Crippen LogP contribution in [0.5, 0.6) is 0 Å². The van der Waals surface area contributed by atoms with Gasteiger partial charge in [0.15, 0.2) is 0 Å². The lowest BCUT2D eigenvalue weighted by Gasteiger charge is -2.28. The van der Waals surface area contributed by atoms with Crippen molar-refractivity contribution in [2.75, 3.05) is 48.4 Å². The smallest absolute Gasteiger partial charge is 0.243 e. The van der Waals surface area contributed by atoms with Gasteiger partial charge in [0.05, 0.1) is 19.8 Å². The number of carbonyl (C=O) groups excluding carboxylic acids is 1. The molecular weight excluding hydrogens is 382 g/mol. The van der Waals surface area contributed by atoms with E-state index in [1.54, 1.807) is 0 Å². The first-order chi connectivity index (χ1) is 12.1. The van der Waals surface area contributed by atoms with Crippen molar-refractivity contribution >= 4 is 38.9 Å². The lowest BCUT2D eigenvalue weighted by Crippen LogP contribution is -2.36. The summed E-state index contributed by atoms with van der Waals surface area (Å²) in [4.78, 5) is 14.4. The SMILES string of the molecule is Cc1cc(Br)ccc1NCC(=O)Nc1ccc(N2CCOCC2)cc1. The van der Waals surface area contributed by atoms with Gasteiger partial charge in [-0.05, 0) is 55.0 Å². The van der Waals surface area contributed by atoms with Crippen molar-refractivity contribution < 1.29 is 9.53 Å². The van der Waals surface area contributed by atoms with Crippen LogP contribution in [-0.4, -0.2) is 38.8 Å². The molecule has 5 nitrogen and oxygen atoms in total. The van der Waals surface area contributed by atoms with Crippen molar-refractivity contribution in [3.05, 3.63) is 52.5 Å². The minimum absolute atomic E-state index is 0.0681. The van der Waals surface area contributed by atoms with Gasteiger partial charge in [-0.3, -0.25) is 4.79 Å². The highest BCUT2D eigenvalue weighted by Crippen LogP contribution is 2.21. The molecule has 2 aromatic rings. The number of aryl methyl sites for hydroxylation is 1. The predicted molar refractivity (Wildman–Crippen MR) is 105 cm³/mol. The van der Waals surface area contributed by atoms with Crippen molar-refractivity contribution in [2.45, 2.75) is 6.92 Å². The molecule has 6 heteroatoms. The van der Waals surface area contributed by atoms with E-state index in [1.807, 2.05) is 49.4 Å². The summed E-state index contributed by atoms with van der Waals surface area (Å²) in [7, 11) is 0. The quantitative estimate of drug-likeness (QED) is 0.799. The Morgan fingerprint density at radius 1 is 1.16 bits per heavy atom. The number of hydrogen-bond acceptors (Lipinski definition) is 4. The Hall–Kier alpha value is -2.05. The fourth-order valence-corrected chi connectivity index (χ4v) is 3.26. The molecule has 132 valence electrons. The Balaban J connectivity index is 1.52. The average Bonchev–Trinajstić information content (AvgIpc) is 2.62. The van der Waals surface area contributed by atoms with Crippen LogP contribution in [-0.2, 0) is 9.53 Å². The molecule has 1 aliphatic rings. The summed E-state index contributed by atoms with van der Waals surface area (Å²) in [5.74, 6) is -0.0681. The number of halogens is 1. The lowest BCUT2D eigenvalue weighted by atomic mass is 10.2. The largest absolute Gasteiger partial charge is 0.378 e. The van der Waals surface area contributed by atoms with Crippen LogP contribution in [0.15, 0.2) is 46.9 Å². The van der Waals surface area contributed by atoms with Crippen LogP contribution in [0.25, 0.3) is 0 Å². The highest BCUT2D eigenvalue weighted by Gasteiger charge is 2.11. The van der Waals surface area contributed by atoms with Crippen LogP contribution < -0.4 is 15.5 Å². The summed E-state index contributed by atoms with van der Waals surface area (Å²) in [6, 6.07) is 13.9. The normalized spacial score (nSPS) is 14.2. The maximum atomic E-state index is 12.1. The van der Waals surface area contributed by atoms with E-state index in [9.17, 15) is 4.79 Å². The number of hydrogen-bond donors (Lipinski definition) is 2. The summed E-state index contributed by atoms with van der Waals surface area (Å²) in [5, 5.41) is 6.09. The maximum Gasteiger partial charge on any atom is 0.243 e. The van der Waals surface area contributed by atoms with Crippen LogP contribution in [0.2, 0.25) is 0 Å². The zero-order chi connectivity index (χ0) is 17.6. The van der Waals surface area contributed by atoms with Gasteiger partial charge < -0.3 is 20.3 Å². The van der Waals surface area contributed by atoms with Crippen LogP contribution in [0.1, 0.15) is 5.56 Å². The zero-order valence-corrected chi connectivity index (χ0v) is 15.8. The second-order valence-corrected chi connectivity index (χ2v) is 6.92. The second-order valence-electron chi connectivity index (χ2n) is 6.01. The monoisotopic (exact) mass is 403 g/mol. The lowest BCUT2D eigenvalue weighted by molar-refractivity contribution is -0.114. The molecule has 25 heavy (non-hydrogen) atoms. The number of rotatable bonds is 5. The van der Waals surface area contributed by atoms with E-state index in [4.69, 9.17) is 4.74 Å². The number of morpholine rings is 1. The minimum atomic E-state index is -0.0681. The number of benzene rings is 2. The van der Waals surface area contributed by atoms with E-state index in [0.29, 0.717) is 0 Å². The van der Waals surface area contributed by atoms with Crippen molar-refractivity contribution in [1.82, 2.24) is 0 Å². The molecule has 1 aliphatic heterocycles. The van der Waals surface area contributed by atoms with Crippen LogP contribution in [0.4, 0.5) is 17.1 Å². The number of nitrogens with zero attached hydrogens (tertiary/aromatic N) is 1. The highest BCUT2D eigenvalue weighted by atomic mass is 79.9. The van der Waals surface area contributed by atoms with Gasteiger partial charge in [-0.2, -0.15) is 0 Å². The average molecular weight is 404 g/mol. The summed E-state index contributed by atoms with van der Waals surface area (Å²) >= 11 is 3.44. The van der Waals surface area contributed by atoms with Crippen molar-refractivity contribution in [3.63, 3.8) is 0 Å². The van der Waals surface area contributed by atoms with Crippen LogP contribution in [0.3, 0.4) is 0 Å². The molecule has 0 aromatic heterocycles. The van der Waals surface area contributed by atoms with E-state index >= 15 is 0 Å². The third-order valence-electron chi connectivity index (χ3n) is 4.16. The number of anilines is 3. The van der Waals surface area contributed by atoms with Crippen molar-refractivity contribution in [2.24, 2.45) is 0 Å². The van der Waals surface area contributed by atoms with E-state index < -0.39 is 0 Å². The van der Waals surface area contributed by atoms with Crippen LogP contribution in [0, 0.1) is 6.92 Å². The molecule has 3 rings (SSSR count). The molecule has 1 heterocycles. The number of carbonyl (C=O) groups is 1. The molecule has 0 saturated carbocycles. The number of ether oxygens (including phenoxy) is 1. The molecule has 0 unspecified atom stereocenters. The summed E-state index contributed by atoms with van der Waals surface area (Å²) < 4.78 is 6.40. The predicted octanol–water partition coefficient (Wildman–Crippen LogP) is 3.64. The Kier molecular flexibility index (Phi) is 5.94. The second kappa shape index (κ2) is 8.36. The number of nitrogens with one attached hydrogen (secondary N) is 2. The van der Waals surface area contributed by atoms with Gasteiger partial charge in [0, 0.05) is 34.6 Å². The van der Waals surface area contributed by atoms with Crippen molar-refractivity contribution in [1.29, 1.82) is 0 Å². The van der Waals surface area contributed by atoms with E-state index in [-0.39, 0.29) is 12.5 Å². The summed E-state index contributed by atoms with van der Waals surface area (Å²) in [6.45, 7) is 5.58. The molecule has 0 aliphatic carbocycles. The Morgan fingerprint density at radius 3 is 2.56 bits per heavy atom. The standard InChI is InChI=1S/C19H22BrN3O2/c1-14-12-15(20)2-7-18(14)21-13-19(24)22-16-3-5-17(6-4-16)23-8-10-25-11-9-23/h2-7,12,21H,8-11,13H2,1H3,(H,22,24). The Labute approximate surface area is 156 Å². The third kappa shape index (κ3) is 4.96. The van der Waals surface area contributed by atoms with E-state index in [1.165, 1.54) is 0 Å². The molecular formula is C19H22BrN3O2. The molecule has 1 amide bonds. The first kappa shape index (κ1) is 17.8. The van der Waals surface area contributed by atoms with Gasteiger partial charge in [-0.15, -0.1) is 0 Å². The van der Waals surface area contributed by atoms with Gasteiger partial charge in [-0.25, -0.2) is 0 Å². The van der Waals surface area contributed by atoms with Gasteiger partial charge in [0.2, 0.25) is 5.91 Å². The zero-order valence-electron chi connectivity index (χ0n) is 14.2. The fraction of sp³-hybridized carbons (Fsp3) is 0.316. The molecule has 2 aromatic carbocycles. The molecule has 1 saturated heterocycles. The molecule has 1 fully saturated rings. The first-order valence-electron chi connectivity index (χ1n) is 8.34. The molecule has 0 spiro atoms. The summed E-state index contributed by atoms with van der Waals surface area (Å²) in [5.41, 5.74) is 4.01. The van der Waals surface area contributed by atoms with Crippen LogP contribution >= 0.6 is 15.9 Å². The Morgan fingerprint density at radius 2 is 1.88 bits per heavy atom. The van der Waals surface area contributed by atoms with Gasteiger partial charge in [0.25, 0.3) is 0 Å². The van der Waals surface area contributed by atoms with Gasteiger partial charge >= 0.3 is 0 Å². The van der Waals surface area contributed by atoms with E-state index in [0.717, 1.165) is 53.4 Å². The molecule has 0 atom stereocenters.